The van der Waals surface area contributed by atoms with Gasteiger partial charge in [-0.15, -0.1) is 0 Å². The minimum Gasteiger partial charge on any atom is -0.311 e. The molecule has 1 heterocycles. The van der Waals surface area contributed by atoms with Gasteiger partial charge in [0.15, 0.2) is 11.6 Å². The van der Waals surface area contributed by atoms with Gasteiger partial charge in [0, 0.05) is 18.3 Å². The standard InChI is InChI=1S/C16H19F2N3O/c1-3-4-8-19-10-14-15(22)9-11(2)21(20-14)16-12(17)6-5-7-13(16)18/h5-7,9,19H,3-4,8,10H2,1-2H3. The summed E-state index contributed by atoms with van der Waals surface area (Å²) in [5.74, 6) is -1.44. The van der Waals surface area contributed by atoms with Crippen molar-refractivity contribution in [2.45, 2.75) is 33.2 Å². The molecule has 0 aliphatic heterocycles. The van der Waals surface area contributed by atoms with E-state index in [4.69, 9.17) is 0 Å². The number of para-hydroxylation sites is 1. The topological polar surface area (TPSA) is 46.9 Å². The third kappa shape index (κ3) is 3.57. The Hall–Kier alpha value is -2.08. The van der Waals surface area contributed by atoms with Gasteiger partial charge in [-0.25, -0.2) is 13.5 Å². The van der Waals surface area contributed by atoms with E-state index in [-0.39, 0.29) is 23.4 Å². The van der Waals surface area contributed by atoms with Gasteiger partial charge in [-0.05, 0) is 32.0 Å². The SMILES string of the molecule is CCCCNCc1nn(-c2c(F)cccc2F)c(C)cc1=O. The van der Waals surface area contributed by atoms with Crippen molar-refractivity contribution in [3.63, 3.8) is 0 Å². The number of halogens is 2. The molecule has 0 spiro atoms. The largest absolute Gasteiger partial charge is 0.311 e. The molecule has 0 atom stereocenters. The van der Waals surface area contributed by atoms with Crippen LogP contribution in [0.25, 0.3) is 5.69 Å². The fraction of sp³-hybridized carbons (Fsp3) is 0.375. The van der Waals surface area contributed by atoms with Crippen molar-refractivity contribution in [2.75, 3.05) is 6.54 Å². The Labute approximate surface area is 127 Å². The average Bonchev–Trinajstić information content (AvgIpc) is 2.47. The summed E-state index contributed by atoms with van der Waals surface area (Å²) in [6.07, 6.45) is 2.03. The third-order valence-electron chi connectivity index (χ3n) is 3.33. The lowest BCUT2D eigenvalue weighted by Crippen LogP contribution is -2.25. The lowest BCUT2D eigenvalue weighted by molar-refractivity contribution is 0.547. The van der Waals surface area contributed by atoms with Gasteiger partial charge in [0.2, 0.25) is 5.43 Å². The van der Waals surface area contributed by atoms with E-state index in [1.165, 1.54) is 12.1 Å². The normalized spacial score (nSPS) is 10.9. The predicted molar refractivity (Wildman–Crippen MR) is 81.1 cm³/mol. The highest BCUT2D eigenvalue weighted by molar-refractivity contribution is 5.36. The smallest absolute Gasteiger partial charge is 0.204 e. The molecule has 0 bridgehead atoms. The van der Waals surface area contributed by atoms with E-state index in [0.717, 1.165) is 36.2 Å². The molecule has 1 aromatic carbocycles. The maximum absolute atomic E-state index is 13.9. The van der Waals surface area contributed by atoms with Crippen molar-refractivity contribution in [1.82, 2.24) is 15.1 Å². The first-order valence-electron chi connectivity index (χ1n) is 7.29. The van der Waals surface area contributed by atoms with Crippen LogP contribution < -0.4 is 10.7 Å². The van der Waals surface area contributed by atoms with E-state index >= 15 is 0 Å². The molecule has 0 saturated heterocycles. The van der Waals surface area contributed by atoms with Crippen LogP contribution in [0.15, 0.2) is 29.1 Å². The van der Waals surface area contributed by atoms with Crippen LogP contribution in [-0.2, 0) is 6.54 Å². The first-order valence-corrected chi connectivity index (χ1v) is 7.29. The summed E-state index contributed by atoms with van der Waals surface area (Å²) in [6, 6.07) is 4.96. The predicted octanol–water partition coefficient (Wildman–Crippen LogP) is 2.71. The minimum absolute atomic E-state index is 0.240. The van der Waals surface area contributed by atoms with Gasteiger partial charge in [-0.3, -0.25) is 4.79 Å². The quantitative estimate of drug-likeness (QED) is 0.835. The molecule has 2 aromatic rings. The molecule has 22 heavy (non-hydrogen) atoms. The van der Waals surface area contributed by atoms with Crippen LogP contribution in [0.1, 0.15) is 31.2 Å². The number of aryl methyl sites for hydroxylation is 1. The Bertz CT molecular complexity index is 693. The molecule has 1 N–H and O–H groups in total. The van der Waals surface area contributed by atoms with E-state index in [1.807, 2.05) is 0 Å². The van der Waals surface area contributed by atoms with Crippen LogP contribution >= 0.6 is 0 Å². The zero-order chi connectivity index (χ0) is 16.1. The maximum Gasteiger partial charge on any atom is 0.204 e. The number of hydrogen-bond donors (Lipinski definition) is 1. The Morgan fingerprint density at radius 2 is 1.95 bits per heavy atom. The van der Waals surface area contributed by atoms with E-state index in [0.29, 0.717) is 5.69 Å². The molecule has 4 nitrogen and oxygen atoms in total. The van der Waals surface area contributed by atoms with E-state index in [9.17, 15) is 13.6 Å². The van der Waals surface area contributed by atoms with E-state index in [2.05, 4.69) is 17.3 Å². The first kappa shape index (κ1) is 16.3. The molecule has 0 aliphatic rings. The summed E-state index contributed by atoms with van der Waals surface area (Å²) in [7, 11) is 0. The molecule has 0 amide bonds. The van der Waals surface area contributed by atoms with E-state index in [1.54, 1.807) is 6.92 Å². The summed E-state index contributed by atoms with van der Waals surface area (Å²) in [6.45, 7) is 4.70. The Kier molecular flexibility index (Phi) is 5.38. The zero-order valence-electron chi connectivity index (χ0n) is 12.7. The molecule has 2 rings (SSSR count). The van der Waals surface area contributed by atoms with E-state index < -0.39 is 11.6 Å². The average molecular weight is 307 g/mol. The van der Waals surface area contributed by atoms with Crippen LogP contribution in [-0.4, -0.2) is 16.3 Å². The lowest BCUT2D eigenvalue weighted by Gasteiger charge is -2.13. The number of hydrogen-bond acceptors (Lipinski definition) is 3. The molecule has 0 radical (unpaired) electrons. The zero-order valence-corrected chi connectivity index (χ0v) is 12.7. The van der Waals surface area contributed by atoms with Crippen molar-refractivity contribution in [3.05, 3.63) is 57.5 Å². The van der Waals surface area contributed by atoms with Gasteiger partial charge >= 0.3 is 0 Å². The van der Waals surface area contributed by atoms with Crippen molar-refractivity contribution in [2.24, 2.45) is 0 Å². The fourth-order valence-corrected chi connectivity index (χ4v) is 2.13. The number of rotatable bonds is 6. The lowest BCUT2D eigenvalue weighted by atomic mass is 10.2. The summed E-state index contributed by atoms with van der Waals surface area (Å²) < 4.78 is 29.0. The second-order valence-corrected chi connectivity index (χ2v) is 5.11. The molecule has 6 heteroatoms. The van der Waals surface area contributed by atoms with Gasteiger partial charge in [-0.2, -0.15) is 5.10 Å². The molecule has 118 valence electrons. The minimum atomic E-state index is -0.718. The van der Waals surface area contributed by atoms with Crippen LogP contribution in [0.4, 0.5) is 8.78 Å². The molecule has 0 unspecified atom stereocenters. The Morgan fingerprint density at radius 1 is 1.27 bits per heavy atom. The fourth-order valence-electron chi connectivity index (χ4n) is 2.13. The van der Waals surface area contributed by atoms with Crippen LogP contribution in [0.5, 0.6) is 0 Å². The third-order valence-corrected chi connectivity index (χ3v) is 3.33. The molecular weight excluding hydrogens is 288 g/mol. The summed E-state index contributed by atoms with van der Waals surface area (Å²) >= 11 is 0. The molecule has 0 aliphatic carbocycles. The van der Waals surface area contributed by atoms with Crippen molar-refractivity contribution in [3.8, 4) is 5.69 Å². The van der Waals surface area contributed by atoms with Gasteiger partial charge in [0.05, 0.1) is 0 Å². The molecular formula is C16H19F2N3O. The summed E-state index contributed by atoms with van der Waals surface area (Å²) in [5.41, 5.74) is 0.111. The highest BCUT2D eigenvalue weighted by Gasteiger charge is 2.14. The number of benzene rings is 1. The van der Waals surface area contributed by atoms with Gasteiger partial charge < -0.3 is 5.32 Å². The van der Waals surface area contributed by atoms with Crippen molar-refractivity contribution < 1.29 is 8.78 Å². The summed E-state index contributed by atoms with van der Waals surface area (Å²) in [4.78, 5) is 12.0. The van der Waals surface area contributed by atoms with Crippen LogP contribution in [0, 0.1) is 18.6 Å². The Morgan fingerprint density at radius 3 is 2.59 bits per heavy atom. The van der Waals surface area contributed by atoms with Gasteiger partial charge in [0.1, 0.15) is 11.4 Å². The Balaban J connectivity index is 2.38. The van der Waals surface area contributed by atoms with Crippen molar-refractivity contribution >= 4 is 0 Å². The number of aromatic nitrogens is 2. The van der Waals surface area contributed by atoms with Gasteiger partial charge in [-0.1, -0.05) is 19.4 Å². The highest BCUT2D eigenvalue weighted by atomic mass is 19.1. The second kappa shape index (κ2) is 7.26. The first-order chi connectivity index (χ1) is 10.5. The maximum atomic E-state index is 13.9. The number of nitrogens with zero attached hydrogens (tertiary/aromatic N) is 2. The monoisotopic (exact) mass is 307 g/mol. The highest BCUT2D eigenvalue weighted by Crippen LogP contribution is 2.17. The number of nitrogens with one attached hydrogen (secondary N) is 1. The molecule has 0 fully saturated rings. The second-order valence-electron chi connectivity index (χ2n) is 5.11. The number of unbranched alkanes of at least 4 members (excludes halogenated alkanes) is 1. The van der Waals surface area contributed by atoms with Crippen LogP contribution in [0.3, 0.4) is 0 Å². The van der Waals surface area contributed by atoms with Crippen molar-refractivity contribution in [1.29, 1.82) is 0 Å². The summed E-state index contributed by atoms with van der Waals surface area (Å²) in [5, 5.41) is 7.23. The molecule has 1 aromatic heterocycles. The van der Waals surface area contributed by atoms with Crippen LogP contribution in [0.2, 0.25) is 0 Å². The van der Waals surface area contributed by atoms with Gasteiger partial charge in [0.25, 0.3) is 0 Å². The molecule has 0 saturated carbocycles.